The molecule has 1 aliphatic heterocycles. The third-order valence-corrected chi connectivity index (χ3v) is 5.03. The average Bonchev–Trinajstić information content (AvgIpc) is 2.96. The standard InChI is InChI=1S/C18H25N3OS/c1-20(2)12-15-10-18(23-14-15)13-21-8-5-16(6-9-21)22-17-4-3-7-19-11-17/h3-4,7,10-11,14,16H,5-6,8-9,12-13H2,1-2H3. The van der Waals surface area contributed by atoms with Gasteiger partial charge in [0.1, 0.15) is 11.9 Å². The third kappa shape index (κ3) is 5.03. The van der Waals surface area contributed by atoms with Crippen LogP contribution in [0.25, 0.3) is 0 Å². The molecule has 0 amide bonds. The van der Waals surface area contributed by atoms with E-state index in [1.165, 1.54) is 10.4 Å². The van der Waals surface area contributed by atoms with Crippen LogP contribution in [0.3, 0.4) is 0 Å². The quantitative estimate of drug-likeness (QED) is 0.812. The second-order valence-electron chi connectivity index (χ2n) is 6.44. The van der Waals surface area contributed by atoms with E-state index in [1.54, 1.807) is 12.4 Å². The van der Waals surface area contributed by atoms with Crippen molar-refractivity contribution in [2.75, 3.05) is 27.2 Å². The van der Waals surface area contributed by atoms with Gasteiger partial charge in [0.2, 0.25) is 0 Å². The predicted molar refractivity (Wildman–Crippen MR) is 94.9 cm³/mol. The maximum absolute atomic E-state index is 6.01. The molecule has 1 fully saturated rings. The molecule has 0 aliphatic carbocycles. The van der Waals surface area contributed by atoms with Crippen molar-refractivity contribution in [1.29, 1.82) is 0 Å². The molecule has 3 rings (SSSR count). The molecular formula is C18H25N3OS. The number of nitrogens with zero attached hydrogens (tertiary/aromatic N) is 3. The van der Waals surface area contributed by atoms with Gasteiger partial charge in [-0.1, -0.05) is 0 Å². The maximum Gasteiger partial charge on any atom is 0.137 e. The largest absolute Gasteiger partial charge is 0.489 e. The average molecular weight is 331 g/mol. The van der Waals surface area contributed by atoms with E-state index in [4.69, 9.17) is 4.74 Å². The maximum atomic E-state index is 6.01. The summed E-state index contributed by atoms with van der Waals surface area (Å²) >= 11 is 1.88. The minimum atomic E-state index is 0.322. The van der Waals surface area contributed by atoms with Crippen LogP contribution in [0.5, 0.6) is 5.75 Å². The summed E-state index contributed by atoms with van der Waals surface area (Å²) in [7, 11) is 4.23. The highest BCUT2D eigenvalue weighted by Gasteiger charge is 2.21. The van der Waals surface area contributed by atoms with E-state index in [1.807, 2.05) is 23.5 Å². The molecule has 0 atom stereocenters. The summed E-state index contributed by atoms with van der Waals surface area (Å²) in [6.07, 6.45) is 6.07. The van der Waals surface area contributed by atoms with Crippen molar-refractivity contribution >= 4 is 11.3 Å². The highest BCUT2D eigenvalue weighted by Crippen LogP contribution is 2.22. The predicted octanol–water partition coefficient (Wildman–Crippen LogP) is 3.25. The van der Waals surface area contributed by atoms with E-state index in [0.717, 1.165) is 44.8 Å². The van der Waals surface area contributed by atoms with Crippen molar-refractivity contribution in [3.8, 4) is 5.75 Å². The molecule has 0 unspecified atom stereocenters. The van der Waals surface area contributed by atoms with E-state index in [2.05, 4.69) is 40.3 Å². The molecule has 2 aromatic rings. The lowest BCUT2D eigenvalue weighted by molar-refractivity contribution is 0.0970. The van der Waals surface area contributed by atoms with Crippen LogP contribution in [0.1, 0.15) is 23.3 Å². The van der Waals surface area contributed by atoms with Crippen molar-refractivity contribution in [1.82, 2.24) is 14.8 Å². The van der Waals surface area contributed by atoms with Crippen LogP contribution >= 0.6 is 11.3 Å². The second kappa shape index (κ2) is 7.90. The Bertz CT molecular complexity index is 591. The van der Waals surface area contributed by atoms with Gasteiger partial charge in [-0.25, -0.2) is 0 Å². The first-order chi connectivity index (χ1) is 11.2. The highest BCUT2D eigenvalue weighted by atomic mass is 32.1. The van der Waals surface area contributed by atoms with E-state index in [9.17, 15) is 0 Å². The third-order valence-electron chi connectivity index (χ3n) is 4.06. The van der Waals surface area contributed by atoms with Crippen LogP contribution in [0.2, 0.25) is 0 Å². The number of rotatable bonds is 6. The monoisotopic (exact) mass is 331 g/mol. The Morgan fingerprint density at radius 3 is 2.87 bits per heavy atom. The van der Waals surface area contributed by atoms with Gasteiger partial charge in [-0.15, -0.1) is 11.3 Å². The number of likely N-dealkylation sites (tertiary alicyclic amines) is 1. The van der Waals surface area contributed by atoms with Crippen molar-refractivity contribution in [2.45, 2.75) is 32.0 Å². The van der Waals surface area contributed by atoms with Gasteiger partial charge in [0.25, 0.3) is 0 Å². The summed E-state index contributed by atoms with van der Waals surface area (Å²) in [6.45, 7) is 4.30. The van der Waals surface area contributed by atoms with E-state index >= 15 is 0 Å². The normalized spacial score (nSPS) is 16.8. The second-order valence-corrected chi connectivity index (χ2v) is 7.44. The highest BCUT2D eigenvalue weighted by molar-refractivity contribution is 7.10. The number of thiophene rings is 1. The Morgan fingerprint density at radius 2 is 2.17 bits per heavy atom. The lowest BCUT2D eigenvalue weighted by Gasteiger charge is -2.31. The Labute approximate surface area is 142 Å². The summed E-state index contributed by atoms with van der Waals surface area (Å²) in [5.41, 5.74) is 1.42. The van der Waals surface area contributed by atoms with E-state index < -0.39 is 0 Å². The lowest BCUT2D eigenvalue weighted by Crippen LogP contribution is -2.37. The van der Waals surface area contributed by atoms with Crippen molar-refractivity contribution in [3.63, 3.8) is 0 Å². The molecule has 3 heterocycles. The topological polar surface area (TPSA) is 28.6 Å². The lowest BCUT2D eigenvalue weighted by atomic mass is 10.1. The molecule has 5 heteroatoms. The first-order valence-electron chi connectivity index (χ1n) is 8.19. The van der Waals surface area contributed by atoms with Crippen LogP contribution in [0.15, 0.2) is 36.0 Å². The molecule has 0 spiro atoms. The number of aromatic nitrogens is 1. The van der Waals surface area contributed by atoms with E-state index in [-0.39, 0.29) is 0 Å². The minimum Gasteiger partial charge on any atom is -0.489 e. The molecule has 1 saturated heterocycles. The number of hydrogen-bond donors (Lipinski definition) is 0. The molecule has 124 valence electrons. The van der Waals surface area contributed by atoms with Crippen LogP contribution in [0, 0.1) is 0 Å². The molecule has 0 radical (unpaired) electrons. The molecule has 0 saturated carbocycles. The molecule has 4 nitrogen and oxygen atoms in total. The summed E-state index contributed by atoms with van der Waals surface area (Å²) in [6, 6.07) is 6.26. The van der Waals surface area contributed by atoms with Gasteiger partial charge in [0.15, 0.2) is 0 Å². The van der Waals surface area contributed by atoms with Crippen LogP contribution in [0.4, 0.5) is 0 Å². The fourth-order valence-corrected chi connectivity index (χ4v) is 3.89. The van der Waals surface area contributed by atoms with Crippen molar-refractivity contribution < 1.29 is 4.74 Å². The zero-order valence-corrected chi connectivity index (χ0v) is 14.8. The Kier molecular flexibility index (Phi) is 5.65. The fraction of sp³-hybridized carbons (Fsp3) is 0.500. The SMILES string of the molecule is CN(C)Cc1csc(CN2CCC(Oc3cccnc3)CC2)c1. The fourth-order valence-electron chi connectivity index (χ4n) is 2.97. The van der Waals surface area contributed by atoms with Gasteiger partial charge in [0, 0.05) is 37.3 Å². The zero-order chi connectivity index (χ0) is 16.1. The Hall–Kier alpha value is -1.43. The van der Waals surface area contributed by atoms with Gasteiger partial charge in [-0.05, 0) is 56.1 Å². The first-order valence-corrected chi connectivity index (χ1v) is 9.07. The van der Waals surface area contributed by atoms with E-state index in [0.29, 0.717) is 6.10 Å². The van der Waals surface area contributed by atoms with Gasteiger partial charge in [0.05, 0.1) is 6.20 Å². The summed E-state index contributed by atoms with van der Waals surface area (Å²) < 4.78 is 6.01. The smallest absolute Gasteiger partial charge is 0.137 e. The molecule has 0 bridgehead atoms. The van der Waals surface area contributed by atoms with Crippen molar-refractivity contribution in [3.05, 3.63) is 46.4 Å². The van der Waals surface area contributed by atoms with Gasteiger partial charge in [-0.3, -0.25) is 9.88 Å². The van der Waals surface area contributed by atoms with Crippen LogP contribution < -0.4 is 4.74 Å². The Balaban J connectivity index is 1.45. The number of hydrogen-bond acceptors (Lipinski definition) is 5. The molecule has 23 heavy (non-hydrogen) atoms. The molecular weight excluding hydrogens is 306 g/mol. The molecule has 0 N–H and O–H groups in total. The zero-order valence-electron chi connectivity index (χ0n) is 13.9. The van der Waals surface area contributed by atoms with Gasteiger partial charge < -0.3 is 9.64 Å². The molecule has 2 aromatic heterocycles. The Morgan fingerprint density at radius 1 is 1.35 bits per heavy atom. The summed E-state index contributed by atoms with van der Waals surface area (Å²) in [4.78, 5) is 10.3. The van der Waals surface area contributed by atoms with Crippen LogP contribution in [-0.4, -0.2) is 48.1 Å². The van der Waals surface area contributed by atoms with Gasteiger partial charge in [-0.2, -0.15) is 0 Å². The van der Waals surface area contributed by atoms with Gasteiger partial charge >= 0.3 is 0 Å². The minimum absolute atomic E-state index is 0.322. The summed E-state index contributed by atoms with van der Waals surface area (Å²) in [5.74, 6) is 0.887. The van der Waals surface area contributed by atoms with Crippen LogP contribution in [-0.2, 0) is 13.1 Å². The van der Waals surface area contributed by atoms with Crippen molar-refractivity contribution in [2.24, 2.45) is 0 Å². The number of piperidine rings is 1. The number of ether oxygens (including phenoxy) is 1. The molecule has 0 aromatic carbocycles. The summed E-state index contributed by atoms with van der Waals surface area (Å²) in [5, 5.41) is 2.29. The first kappa shape index (κ1) is 16.4. The molecule has 1 aliphatic rings. The number of pyridine rings is 1.